The van der Waals surface area contributed by atoms with Gasteiger partial charge in [-0.05, 0) is 77.2 Å². The Hall–Kier alpha value is -2.42. The van der Waals surface area contributed by atoms with Gasteiger partial charge in [-0.3, -0.25) is 4.79 Å². The van der Waals surface area contributed by atoms with E-state index in [0.717, 1.165) is 32.5 Å². The van der Waals surface area contributed by atoms with E-state index in [9.17, 15) is 15.0 Å². The number of benzene rings is 2. The van der Waals surface area contributed by atoms with E-state index in [1.807, 2.05) is 53.7 Å². The molecule has 40 heavy (non-hydrogen) atoms. The molecule has 1 atom stereocenters. The van der Waals surface area contributed by atoms with Crippen LogP contribution in [0.1, 0.15) is 92.8 Å². The van der Waals surface area contributed by atoms with E-state index < -0.39 is 29.7 Å². The predicted molar refractivity (Wildman–Crippen MR) is 165 cm³/mol. The van der Waals surface area contributed by atoms with E-state index in [2.05, 4.69) is 56.5 Å². The number of rotatable bonds is 8. The van der Waals surface area contributed by atoms with E-state index in [1.54, 1.807) is 17.8 Å². The molecule has 1 aliphatic rings. The summed E-state index contributed by atoms with van der Waals surface area (Å²) in [4.78, 5) is 13.5. The van der Waals surface area contributed by atoms with Crippen LogP contribution in [0, 0.1) is 5.41 Å². The highest BCUT2D eigenvalue weighted by molar-refractivity contribution is 8.00. The summed E-state index contributed by atoms with van der Waals surface area (Å²) in [5, 5.41) is 21.7. The maximum atomic E-state index is 12.5. The van der Waals surface area contributed by atoms with Crippen molar-refractivity contribution < 1.29 is 24.3 Å². The topological polar surface area (TPSA) is 80.9 Å². The molecule has 0 saturated carbocycles. The van der Waals surface area contributed by atoms with Crippen LogP contribution in [0.2, 0.25) is 0 Å². The van der Waals surface area contributed by atoms with Crippen LogP contribution in [0.25, 0.3) is 10.9 Å². The van der Waals surface area contributed by atoms with Gasteiger partial charge >= 0.3 is 13.1 Å². The minimum atomic E-state index is -0.989. The van der Waals surface area contributed by atoms with E-state index in [0.29, 0.717) is 13.0 Å². The summed E-state index contributed by atoms with van der Waals surface area (Å²) >= 11 is 1.73. The lowest BCUT2D eigenvalue weighted by molar-refractivity contribution is -0.148. The minimum Gasteiger partial charge on any atom is -0.508 e. The van der Waals surface area contributed by atoms with E-state index in [1.165, 1.54) is 0 Å². The number of hydrogen-bond donors (Lipinski definition) is 2. The molecule has 8 heteroatoms. The van der Waals surface area contributed by atoms with Crippen LogP contribution < -0.4 is 5.46 Å². The van der Waals surface area contributed by atoms with Gasteiger partial charge in [-0.2, -0.15) is 0 Å². The van der Waals surface area contributed by atoms with Gasteiger partial charge in [0.25, 0.3) is 0 Å². The first-order chi connectivity index (χ1) is 18.4. The Kier molecular flexibility index (Phi) is 7.98. The molecule has 1 aliphatic heterocycles. The lowest BCUT2D eigenvalue weighted by Crippen LogP contribution is -2.41. The second kappa shape index (κ2) is 10.4. The number of carboxylic acid groups (broad SMARTS) is 1. The van der Waals surface area contributed by atoms with E-state index in [4.69, 9.17) is 9.31 Å². The van der Waals surface area contributed by atoms with Crippen molar-refractivity contribution >= 4 is 41.2 Å². The zero-order valence-electron chi connectivity index (χ0n) is 25.6. The van der Waals surface area contributed by atoms with Gasteiger partial charge in [-0.1, -0.05) is 52.0 Å². The number of thioether (sulfide) groups is 1. The smallest absolute Gasteiger partial charge is 0.494 e. The van der Waals surface area contributed by atoms with Gasteiger partial charge < -0.3 is 24.1 Å². The summed E-state index contributed by atoms with van der Waals surface area (Å²) in [7, 11) is -0.430. The Balaban J connectivity index is 1.84. The number of fused-ring (bicyclic) bond motifs is 1. The van der Waals surface area contributed by atoms with E-state index in [-0.39, 0.29) is 16.4 Å². The van der Waals surface area contributed by atoms with Crippen molar-refractivity contribution in [1.29, 1.82) is 0 Å². The Bertz CT molecular complexity index is 1390. The molecule has 0 bridgehead atoms. The van der Waals surface area contributed by atoms with Gasteiger partial charge in [0, 0.05) is 38.7 Å². The predicted octanol–water partition coefficient (Wildman–Crippen LogP) is 7.19. The third kappa shape index (κ3) is 5.68. The van der Waals surface area contributed by atoms with Crippen LogP contribution in [0.4, 0.5) is 0 Å². The van der Waals surface area contributed by atoms with Crippen LogP contribution in [0.3, 0.4) is 0 Å². The second-order valence-electron chi connectivity index (χ2n) is 13.5. The Labute approximate surface area is 243 Å². The molecule has 6 nitrogen and oxygen atoms in total. The number of nitrogens with zero attached hydrogens (tertiary/aromatic N) is 1. The molecule has 2 aromatic carbocycles. The highest BCUT2D eigenvalue weighted by atomic mass is 32.2. The summed E-state index contributed by atoms with van der Waals surface area (Å²) in [6, 6.07) is 13.8. The lowest BCUT2D eigenvalue weighted by atomic mass is 9.75. The quantitative estimate of drug-likeness (QED) is 0.222. The van der Waals surface area contributed by atoms with Gasteiger partial charge in [0.2, 0.25) is 0 Å². The fourth-order valence-corrected chi connectivity index (χ4v) is 6.64. The van der Waals surface area contributed by atoms with Crippen LogP contribution in [-0.2, 0) is 20.6 Å². The average Bonchev–Trinajstić information content (AvgIpc) is 3.22. The SMILES string of the molecule is CCC(c1c(SC(C)(C)C)c2cc(O)ccc2n1Cc1ccc(B2OC(C)(C)C(C)(C)O2)cc1)C(C)(C)C(=O)O. The zero-order valence-corrected chi connectivity index (χ0v) is 26.4. The normalized spacial score (nSPS) is 17.9. The molecular formula is C32H44BNO5S. The maximum Gasteiger partial charge on any atom is 0.494 e. The second-order valence-corrected chi connectivity index (χ2v) is 15.4. The van der Waals surface area contributed by atoms with Crippen molar-refractivity contribution in [2.45, 2.75) is 109 Å². The molecule has 0 amide bonds. The average molecular weight is 566 g/mol. The Morgan fingerprint density at radius 1 is 1.00 bits per heavy atom. The lowest BCUT2D eigenvalue weighted by Gasteiger charge is -2.32. The van der Waals surface area contributed by atoms with Crippen molar-refractivity contribution in [2.24, 2.45) is 5.41 Å². The standard InChI is InChI=1S/C32H44BNO5S/c1-11-24(30(5,6)28(36)37)26-27(40-29(2,3)4)23-18-22(35)16-17-25(23)34(26)19-20-12-14-21(15-13-20)33-38-31(7,8)32(9,10)39-33/h12-18,24,35H,11,19H2,1-10H3,(H,36,37). The van der Waals surface area contributed by atoms with Crippen molar-refractivity contribution in [3.05, 3.63) is 53.7 Å². The molecule has 2 N–H and O–H groups in total. The van der Waals surface area contributed by atoms with Gasteiger partial charge in [0.05, 0.1) is 16.6 Å². The molecule has 0 radical (unpaired) electrons. The molecule has 2 heterocycles. The summed E-state index contributed by atoms with van der Waals surface area (Å²) in [6.45, 7) is 20.9. The van der Waals surface area contributed by atoms with Crippen molar-refractivity contribution in [1.82, 2.24) is 4.57 Å². The number of aromatic hydroxyl groups is 1. The first-order valence-corrected chi connectivity index (χ1v) is 14.9. The van der Waals surface area contributed by atoms with Crippen LogP contribution in [0.15, 0.2) is 47.4 Å². The molecule has 0 spiro atoms. The van der Waals surface area contributed by atoms with Crippen LogP contribution >= 0.6 is 11.8 Å². The fourth-order valence-electron chi connectivity index (χ4n) is 5.40. The molecule has 4 rings (SSSR count). The molecule has 216 valence electrons. The molecule has 1 fully saturated rings. The summed E-state index contributed by atoms with van der Waals surface area (Å²) in [5.74, 6) is -0.866. The zero-order chi connectivity index (χ0) is 29.8. The van der Waals surface area contributed by atoms with Gasteiger partial charge in [-0.15, -0.1) is 11.8 Å². The highest BCUT2D eigenvalue weighted by Crippen LogP contribution is 2.49. The number of phenolic OH excluding ortho intramolecular Hbond substituents is 1. The number of phenols is 1. The molecule has 3 aromatic rings. The van der Waals surface area contributed by atoms with Crippen LogP contribution in [0.5, 0.6) is 5.75 Å². The molecule has 0 aliphatic carbocycles. The Morgan fingerprint density at radius 3 is 2.08 bits per heavy atom. The molecule has 1 aromatic heterocycles. The highest BCUT2D eigenvalue weighted by Gasteiger charge is 2.51. The number of carboxylic acids is 1. The molecule has 1 saturated heterocycles. The number of aromatic nitrogens is 1. The van der Waals surface area contributed by atoms with Crippen molar-refractivity contribution in [3.63, 3.8) is 0 Å². The third-order valence-corrected chi connectivity index (χ3v) is 9.70. The van der Waals surface area contributed by atoms with Gasteiger partial charge in [-0.25, -0.2) is 0 Å². The number of hydrogen-bond acceptors (Lipinski definition) is 5. The Morgan fingerprint density at radius 2 is 1.57 bits per heavy atom. The maximum absolute atomic E-state index is 12.5. The number of carbonyl (C=O) groups is 1. The van der Waals surface area contributed by atoms with Crippen molar-refractivity contribution in [3.8, 4) is 5.75 Å². The van der Waals surface area contributed by atoms with E-state index >= 15 is 0 Å². The molecular weight excluding hydrogens is 521 g/mol. The van der Waals surface area contributed by atoms with Gasteiger partial charge in [0.1, 0.15) is 5.75 Å². The monoisotopic (exact) mass is 565 g/mol. The van der Waals surface area contributed by atoms with Gasteiger partial charge in [0.15, 0.2) is 0 Å². The summed E-state index contributed by atoms with van der Waals surface area (Å²) in [6.07, 6.45) is 0.667. The summed E-state index contributed by atoms with van der Waals surface area (Å²) in [5.41, 5.74) is 2.23. The van der Waals surface area contributed by atoms with Crippen LogP contribution in [-0.4, -0.2) is 43.8 Å². The first-order valence-electron chi connectivity index (χ1n) is 14.1. The largest absolute Gasteiger partial charge is 0.508 e. The minimum absolute atomic E-state index is 0.116. The third-order valence-electron chi connectivity index (χ3n) is 8.45. The van der Waals surface area contributed by atoms with Crippen molar-refractivity contribution in [2.75, 3.05) is 0 Å². The number of aliphatic carboxylic acids is 1. The first kappa shape index (κ1) is 30.5. The summed E-state index contributed by atoms with van der Waals surface area (Å²) < 4.78 is 14.6. The molecule has 1 unspecified atom stereocenters. The fraction of sp³-hybridized carbons (Fsp3) is 0.531.